The monoisotopic (exact) mass is 591 g/mol. The fraction of sp³-hybridized carbons (Fsp3) is 0. The molecule has 9 heterocycles. The second-order valence-corrected chi connectivity index (χ2v) is 9.48. The van der Waals surface area contributed by atoms with E-state index in [4.69, 9.17) is 0 Å². The summed E-state index contributed by atoms with van der Waals surface area (Å²) in [5.41, 5.74) is 6.06. The first-order valence-electron chi connectivity index (χ1n) is 14.1. The number of imidazole rings is 3. The van der Waals surface area contributed by atoms with Gasteiger partial charge in [0.15, 0.2) is 5.65 Å². The average Bonchev–Trinajstić information content (AvgIpc) is 3.95. The Kier molecular flexibility index (Phi) is 9.19. The van der Waals surface area contributed by atoms with Crippen LogP contribution in [0, 0.1) is 0 Å². The fourth-order valence-electron chi connectivity index (χ4n) is 4.28. The third-order valence-electron chi connectivity index (χ3n) is 6.51. The molecule has 11 nitrogen and oxygen atoms in total. The summed E-state index contributed by atoms with van der Waals surface area (Å²) in [5, 5.41) is 7.91. The van der Waals surface area contributed by atoms with E-state index in [2.05, 4.69) is 56.6 Å². The molecule has 220 valence electrons. The van der Waals surface area contributed by atoms with E-state index >= 15 is 0 Å². The summed E-state index contributed by atoms with van der Waals surface area (Å²) in [7, 11) is 0. The van der Waals surface area contributed by atoms with E-state index in [9.17, 15) is 0 Å². The molecule has 10 rings (SSSR count). The molecule has 0 atom stereocenters. The zero-order chi connectivity index (χ0) is 30.5. The summed E-state index contributed by atoms with van der Waals surface area (Å²) in [4.78, 5) is 22.5. The molecule has 0 aliphatic heterocycles. The van der Waals surface area contributed by atoms with E-state index < -0.39 is 0 Å². The largest absolute Gasteiger partial charge is 0.329 e. The number of aromatic amines is 2. The zero-order valence-corrected chi connectivity index (χ0v) is 24.1. The number of benzene rings is 1. The van der Waals surface area contributed by atoms with Gasteiger partial charge in [-0.1, -0.05) is 36.4 Å². The van der Waals surface area contributed by atoms with Crippen molar-refractivity contribution in [3.05, 3.63) is 166 Å². The minimum absolute atomic E-state index is 0.782. The lowest BCUT2D eigenvalue weighted by Gasteiger charge is -1.88. The second kappa shape index (κ2) is 14.5. The van der Waals surface area contributed by atoms with Crippen LogP contribution >= 0.6 is 0 Å². The molecular weight excluding hydrogens is 562 g/mol. The maximum atomic E-state index is 4.08. The number of rotatable bonds is 0. The molecule has 0 saturated carbocycles. The normalized spacial score (nSPS) is 10.2. The Labute approximate surface area is 257 Å². The Morgan fingerprint density at radius 2 is 1.31 bits per heavy atom. The predicted molar refractivity (Wildman–Crippen MR) is 176 cm³/mol. The molecule has 2 N–H and O–H groups in total. The van der Waals surface area contributed by atoms with Crippen LogP contribution in [0.2, 0.25) is 0 Å². The van der Waals surface area contributed by atoms with Gasteiger partial charge in [-0.25, -0.2) is 24.9 Å². The Bertz CT molecular complexity index is 1790. The molecule has 1 aromatic carbocycles. The summed E-state index contributed by atoms with van der Waals surface area (Å²) in [6.45, 7) is 0. The molecule has 9 aromatic heterocycles. The van der Waals surface area contributed by atoms with Crippen molar-refractivity contribution < 1.29 is 0 Å². The van der Waals surface area contributed by atoms with Crippen molar-refractivity contribution in [3.63, 3.8) is 0 Å². The number of hydrogen-bond acceptors (Lipinski definition) is 6. The van der Waals surface area contributed by atoms with Gasteiger partial charge >= 0.3 is 0 Å². The molecule has 0 amide bonds. The molecule has 10 aromatic rings. The van der Waals surface area contributed by atoms with Crippen LogP contribution in [0.4, 0.5) is 0 Å². The van der Waals surface area contributed by atoms with Gasteiger partial charge < -0.3 is 18.2 Å². The van der Waals surface area contributed by atoms with Gasteiger partial charge in [0, 0.05) is 48.1 Å². The van der Waals surface area contributed by atoms with Crippen LogP contribution in [0.15, 0.2) is 166 Å². The van der Waals surface area contributed by atoms with Crippen LogP contribution in [0.25, 0.3) is 38.7 Å². The van der Waals surface area contributed by atoms with Crippen LogP contribution in [0.3, 0.4) is 0 Å². The number of pyridine rings is 3. The number of H-pyrrole nitrogens is 2. The number of aromatic nitrogens is 11. The maximum Gasteiger partial charge on any atom is 0.160 e. The van der Waals surface area contributed by atoms with Crippen molar-refractivity contribution in [1.82, 2.24) is 53.3 Å². The standard InChI is InChI=1S/C8H7N.3C7H6N2.C5H4N4/c1-2-6-9-7-3-5-8(9)4-1;1-2-5-9-6-4-8-7(9)3-1;1-2-4-9-6-8-5-7(9)3-1;1-2-4-7-6(3-1)5-8-9-7;1-4-5(8-2-6-1)9-3-7-4/h1-7H;2*1-6H;1-5H,(H,8,9);1-3H,(H,6,7,8,9). The highest BCUT2D eigenvalue weighted by Gasteiger charge is 1.91. The molecule has 0 aliphatic carbocycles. The van der Waals surface area contributed by atoms with Crippen molar-refractivity contribution in [2.24, 2.45) is 0 Å². The molecular formula is C34H29N11. The lowest BCUT2D eigenvalue weighted by Crippen LogP contribution is -1.77. The van der Waals surface area contributed by atoms with Crippen LogP contribution in [-0.2, 0) is 0 Å². The van der Waals surface area contributed by atoms with Crippen molar-refractivity contribution in [3.8, 4) is 0 Å². The van der Waals surface area contributed by atoms with Crippen molar-refractivity contribution >= 4 is 38.7 Å². The molecule has 11 heteroatoms. The smallest absolute Gasteiger partial charge is 0.160 e. The first-order valence-corrected chi connectivity index (χ1v) is 14.1. The van der Waals surface area contributed by atoms with Gasteiger partial charge in [-0.2, -0.15) is 5.10 Å². The Morgan fingerprint density at radius 3 is 2.13 bits per heavy atom. The summed E-state index contributed by atoms with van der Waals surface area (Å²) in [6.07, 6.45) is 21.9. The molecule has 0 bridgehead atoms. The van der Waals surface area contributed by atoms with Crippen LogP contribution in [0.1, 0.15) is 0 Å². The number of nitrogens with zero attached hydrogens (tertiary/aromatic N) is 9. The lowest BCUT2D eigenvalue weighted by atomic mass is 10.3. The van der Waals surface area contributed by atoms with Crippen LogP contribution in [0.5, 0.6) is 0 Å². The molecule has 0 radical (unpaired) electrons. The number of fused-ring (bicyclic) bond motifs is 5. The summed E-state index contributed by atoms with van der Waals surface area (Å²) < 4.78 is 6.03. The fourth-order valence-corrected chi connectivity index (χ4v) is 4.28. The van der Waals surface area contributed by atoms with Gasteiger partial charge in [-0.3, -0.25) is 5.10 Å². The Morgan fingerprint density at radius 1 is 0.556 bits per heavy atom. The van der Waals surface area contributed by atoms with E-state index in [1.54, 1.807) is 25.0 Å². The highest BCUT2D eigenvalue weighted by molar-refractivity contribution is 5.77. The van der Waals surface area contributed by atoms with Gasteiger partial charge in [0.1, 0.15) is 17.5 Å². The topological polar surface area (TPSA) is 122 Å². The van der Waals surface area contributed by atoms with E-state index in [0.717, 1.165) is 33.2 Å². The quantitative estimate of drug-likeness (QED) is 0.207. The van der Waals surface area contributed by atoms with Crippen LogP contribution < -0.4 is 0 Å². The number of hydrogen-bond donors (Lipinski definition) is 2. The Balaban J connectivity index is 0.0000000992. The van der Waals surface area contributed by atoms with E-state index in [1.807, 2.05) is 131 Å². The number of para-hydroxylation sites is 1. The van der Waals surface area contributed by atoms with E-state index in [-0.39, 0.29) is 0 Å². The van der Waals surface area contributed by atoms with Gasteiger partial charge in [-0.05, 0) is 54.6 Å². The van der Waals surface area contributed by atoms with Crippen molar-refractivity contribution in [1.29, 1.82) is 0 Å². The first-order chi connectivity index (χ1) is 22.3. The van der Waals surface area contributed by atoms with Crippen molar-refractivity contribution in [2.45, 2.75) is 0 Å². The Hall–Kier alpha value is -6.62. The van der Waals surface area contributed by atoms with E-state index in [0.29, 0.717) is 0 Å². The van der Waals surface area contributed by atoms with Crippen molar-refractivity contribution in [2.75, 3.05) is 0 Å². The van der Waals surface area contributed by atoms with Gasteiger partial charge in [0.05, 0.1) is 42.3 Å². The lowest BCUT2D eigenvalue weighted by molar-refractivity contribution is 1.12. The summed E-state index contributed by atoms with van der Waals surface area (Å²) >= 11 is 0. The highest BCUT2D eigenvalue weighted by atomic mass is 15.1. The zero-order valence-electron chi connectivity index (χ0n) is 24.1. The van der Waals surface area contributed by atoms with Gasteiger partial charge in [-0.15, -0.1) is 0 Å². The molecule has 0 aliphatic rings. The van der Waals surface area contributed by atoms with E-state index in [1.165, 1.54) is 11.8 Å². The molecule has 0 unspecified atom stereocenters. The number of nitrogens with one attached hydrogen (secondary N) is 2. The summed E-state index contributed by atoms with van der Waals surface area (Å²) in [6, 6.07) is 30.2. The second-order valence-electron chi connectivity index (χ2n) is 9.48. The predicted octanol–water partition coefficient (Wildman–Crippen LogP) is 6.52. The van der Waals surface area contributed by atoms with Gasteiger partial charge in [0.25, 0.3) is 0 Å². The molecule has 0 saturated heterocycles. The third-order valence-corrected chi connectivity index (χ3v) is 6.51. The third kappa shape index (κ3) is 7.62. The minimum atomic E-state index is 0.782. The SMILES string of the molecule is c1ccc2[nH]ncc2c1.c1ccn2cccc2c1.c1ccn2ccnc2c1.c1ccn2cncc2c1.c1ncc2nc[nH]c2n1. The maximum absolute atomic E-state index is 4.08. The van der Waals surface area contributed by atoms with Crippen LogP contribution in [-0.4, -0.2) is 53.3 Å². The molecule has 0 spiro atoms. The van der Waals surface area contributed by atoms with Gasteiger partial charge in [0.2, 0.25) is 0 Å². The molecule has 0 fully saturated rings. The summed E-state index contributed by atoms with van der Waals surface area (Å²) in [5.74, 6) is 0. The average molecular weight is 592 g/mol. The minimum Gasteiger partial charge on any atom is -0.329 e. The molecule has 45 heavy (non-hydrogen) atoms. The first kappa shape index (κ1) is 28.5. The highest BCUT2D eigenvalue weighted by Crippen LogP contribution is 2.07.